The van der Waals surface area contributed by atoms with Crippen molar-refractivity contribution in [3.05, 3.63) is 11.6 Å². The zero-order chi connectivity index (χ0) is 27.8. The van der Waals surface area contributed by atoms with Gasteiger partial charge in [-0.05, 0) is 81.6 Å². The molecule has 6 aliphatic rings. The minimum Gasteiger partial charge on any atom is -0.458 e. The number of cyclic esters (lactones) is 1. The lowest BCUT2D eigenvalue weighted by Gasteiger charge is -2.65. The maximum Gasteiger partial charge on any atom is 0.331 e. The zero-order valence-electron chi connectivity index (χ0n) is 22.9. The van der Waals surface area contributed by atoms with E-state index in [1.165, 1.54) is 6.21 Å². The summed E-state index contributed by atoms with van der Waals surface area (Å²) in [5.74, 6) is -0.372. The van der Waals surface area contributed by atoms with Crippen LogP contribution in [0.2, 0.25) is 0 Å². The number of oxime groups is 1. The van der Waals surface area contributed by atoms with Crippen LogP contribution in [0.5, 0.6) is 0 Å². The van der Waals surface area contributed by atoms with E-state index in [9.17, 15) is 30.4 Å². The molecule has 1 saturated heterocycles. The van der Waals surface area contributed by atoms with E-state index in [1.54, 1.807) is 13.0 Å². The Kier molecular flexibility index (Phi) is 6.72. The summed E-state index contributed by atoms with van der Waals surface area (Å²) in [6, 6.07) is 0. The number of rotatable bonds is 4. The molecule has 39 heavy (non-hydrogen) atoms. The first-order valence-corrected chi connectivity index (χ1v) is 14.6. The van der Waals surface area contributed by atoms with Crippen molar-refractivity contribution in [2.45, 2.75) is 120 Å². The van der Waals surface area contributed by atoms with E-state index < -0.39 is 46.6 Å². The summed E-state index contributed by atoms with van der Waals surface area (Å²) in [6.07, 6.45) is 5.36. The highest BCUT2D eigenvalue weighted by atomic mass is 16.7. The van der Waals surface area contributed by atoms with Gasteiger partial charge < -0.3 is 39.8 Å². The third-order valence-electron chi connectivity index (χ3n) is 11.9. The second kappa shape index (κ2) is 9.49. The molecule has 0 radical (unpaired) electrons. The quantitative estimate of drug-likeness (QED) is 0.116. The minimum atomic E-state index is -1.18. The number of nitrogens with zero attached hydrogens (tertiary/aromatic N) is 1. The molecule has 0 aromatic heterocycles. The molecule has 5 N–H and O–H groups in total. The van der Waals surface area contributed by atoms with Crippen LogP contribution in [0.3, 0.4) is 0 Å². The minimum absolute atomic E-state index is 0.0664. The van der Waals surface area contributed by atoms with Gasteiger partial charge in [0.25, 0.3) is 0 Å². The van der Waals surface area contributed by atoms with Crippen LogP contribution in [-0.4, -0.2) is 86.3 Å². The fourth-order valence-electron chi connectivity index (χ4n) is 9.89. The highest BCUT2D eigenvalue weighted by molar-refractivity contribution is 5.85. The average Bonchev–Trinajstić information content (AvgIpc) is 3.42. The molecule has 12 atom stereocenters. The second-order valence-corrected chi connectivity index (χ2v) is 13.4. The molecule has 6 rings (SSSR count). The summed E-state index contributed by atoms with van der Waals surface area (Å²) in [5, 5.41) is 58.2. The lowest BCUT2D eigenvalue weighted by atomic mass is 9.41. The molecular formula is C29H43NO9. The third kappa shape index (κ3) is 3.96. The van der Waals surface area contributed by atoms with Gasteiger partial charge >= 0.3 is 5.97 Å². The van der Waals surface area contributed by atoms with Crippen molar-refractivity contribution >= 4 is 12.2 Å². The van der Waals surface area contributed by atoms with Crippen molar-refractivity contribution in [1.29, 1.82) is 0 Å². The summed E-state index contributed by atoms with van der Waals surface area (Å²) < 4.78 is 17.2. The first-order valence-electron chi connectivity index (χ1n) is 14.6. The van der Waals surface area contributed by atoms with Crippen LogP contribution in [0, 0.1) is 28.6 Å². The van der Waals surface area contributed by atoms with E-state index in [-0.39, 0.29) is 36.2 Å². The number of ether oxygens (including phenoxy) is 3. The molecule has 0 spiro atoms. The van der Waals surface area contributed by atoms with Gasteiger partial charge in [-0.25, -0.2) is 4.79 Å². The van der Waals surface area contributed by atoms with Gasteiger partial charge in [-0.15, -0.1) is 5.16 Å². The number of esters is 1. The topological polar surface area (TPSA) is 158 Å². The Morgan fingerprint density at radius 2 is 1.85 bits per heavy atom. The Bertz CT molecular complexity index is 1040. The molecular weight excluding hydrogens is 506 g/mol. The van der Waals surface area contributed by atoms with Gasteiger partial charge in [-0.2, -0.15) is 0 Å². The predicted octanol–water partition coefficient (Wildman–Crippen LogP) is 2.04. The monoisotopic (exact) mass is 549 g/mol. The molecule has 2 heterocycles. The predicted molar refractivity (Wildman–Crippen MR) is 138 cm³/mol. The number of hydrogen-bond donors (Lipinski definition) is 5. The van der Waals surface area contributed by atoms with Gasteiger partial charge in [0.2, 0.25) is 0 Å². The number of carbonyl (C=O) groups is 1. The largest absolute Gasteiger partial charge is 0.458 e. The number of fused-ring (bicyclic) bond motifs is 5. The van der Waals surface area contributed by atoms with Crippen molar-refractivity contribution < 1.29 is 44.6 Å². The van der Waals surface area contributed by atoms with Crippen LogP contribution in [0.15, 0.2) is 16.8 Å². The summed E-state index contributed by atoms with van der Waals surface area (Å²) in [4.78, 5) is 11.8. The smallest absolute Gasteiger partial charge is 0.331 e. The molecule has 218 valence electrons. The van der Waals surface area contributed by atoms with Crippen molar-refractivity contribution in [2.75, 3.05) is 6.61 Å². The standard InChI is InChI=1S/C29H43NO9/c1-16-25(33)22(31)12-24(38-16)39-18-3-8-27(15-30-36)20-4-7-26(2)19(17-11-23(32)37-14-17)6-10-29(26,35)21(20)5-9-28(27,34)13-18/h11,15-16,18-22,24-25,31,33-36H,3-10,12-14H2,1-2H3/b30-15-/t16-,18+,19-,20-,21+,22+,24+,25+,26+,27-,28-,29-/m0/s1. The first-order chi connectivity index (χ1) is 18.5. The van der Waals surface area contributed by atoms with Gasteiger partial charge in [0.1, 0.15) is 12.7 Å². The molecule has 4 saturated carbocycles. The normalized spacial score (nSPS) is 53.6. The van der Waals surface area contributed by atoms with Gasteiger partial charge in [0.05, 0.1) is 35.7 Å². The Morgan fingerprint density at radius 1 is 1.08 bits per heavy atom. The molecule has 0 aromatic rings. The number of aliphatic hydroxyl groups excluding tert-OH is 2. The molecule has 2 aliphatic heterocycles. The molecule has 10 nitrogen and oxygen atoms in total. The highest BCUT2D eigenvalue weighted by Crippen LogP contribution is 2.70. The summed E-state index contributed by atoms with van der Waals surface area (Å²) in [6.45, 7) is 4.15. The van der Waals surface area contributed by atoms with Crippen LogP contribution < -0.4 is 0 Å². The summed E-state index contributed by atoms with van der Waals surface area (Å²) in [7, 11) is 0. The summed E-state index contributed by atoms with van der Waals surface area (Å²) in [5.41, 5.74) is -2.37. The first kappa shape index (κ1) is 27.6. The summed E-state index contributed by atoms with van der Waals surface area (Å²) >= 11 is 0. The number of carbonyl (C=O) groups excluding carboxylic acids is 1. The van der Waals surface area contributed by atoms with Crippen LogP contribution in [0.25, 0.3) is 0 Å². The molecule has 10 heteroatoms. The average molecular weight is 550 g/mol. The lowest BCUT2D eigenvalue weighted by molar-refractivity contribution is -0.282. The Balaban J connectivity index is 1.24. The van der Waals surface area contributed by atoms with Gasteiger partial charge in [-0.1, -0.05) is 6.92 Å². The Hall–Kier alpha value is -1.56. The number of hydrogen-bond acceptors (Lipinski definition) is 10. The van der Waals surface area contributed by atoms with Gasteiger partial charge in [-0.3, -0.25) is 0 Å². The van der Waals surface area contributed by atoms with Crippen molar-refractivity contribution in [3.63, 3.8) is 0 Å². The fourth-order valence-corrected chi connectivity index (χ4v) is 9.89. The van der Waals surface area contributed by atoms with E-state index in [4.69, 9.17) is 14.2 Å². The molecule has 4 aliphatic carbocycles. The molecule has 0 aromatic carbocycles. The van der Waals surface area contributed by atoms with Crippen molar-refractivity contribution in [3.8, 4) is 0 Å². The Labute approximate surface area is 229 Å². The Morgan fingerprint density at radius 3 is 2.54 bits per heavy atom. The SMILES string of the molecule is C[C@@H]1O[C@H](O[C@@H]2CC[C@]3(/C=N\O)[C@H]4CC[C@]5(C)[C@H](C6=CC(=O)OC6)CC[C@]5(O)[C@@H]4CC[C@]3(O)C2)C[C@@H](O)[C@@H]1O. The van der Waals surface area contributed by atoms with E-state index in [2.05, 4.69) is 12.1 Å². The van der Waals surface area contributed by atoms with E-state index >= 15 is 0 Å². The van der Waals surface area contributed by atoms with E-state index in [0.717, 1.165) is 24.8 Å². The van der Waals surface area contributed by atoms with Crippen LogP contribution in [-0.2, 0) is 19.0 Å². The number of aliphatic hydroxyl groups is 4. The van der Waals surface area contributed by atoms with E-state index in [1.807, 2.05) is 0 Å². The molecule has 5 fully saturated rings. The van der Waals surface area contributed by atoms with Crippen molar-refractivity contribution in [1.82, 2.24) is 0 Å². The third-order valence-corrected chi connectivity index (χ3v) is 11.9. The maximum absolute atomic E-state index is 12.4. The highest BCUT2D eigenvalue weighted by Gasteiger charge is 2.71. The molecule has 0 bridgehead atoms. The molecule has 0 unspecified atom stereocenters. The van der Waals surface area contributed by atoms with Crippen molar-refractivity contribution in [2.24, 2.45) is 33.7 Å². The second-order valence-electron chi connectivity index (χ2n) is 13.4. The van der Waals surface area contributed by atoms with Crippen LogP contribution in [0.4, 0.5) is 0 Å². The lowest BCUT2D eigenvalue weighted by Crippen LogP contribution is -2.69. The maximum atomic E-state index is 12.4. The fraction of sp³-hybridized carbons (Fsp3) is 0.862. The molecule has 0 amide bonds. The van der Waals surface area contributed by atoms with E-state index in [0.29, 0.717) is 45.1 Å². The van der Waals surface area contributed by atoms with Gasteiger partial charge in [0, 0.05) is 29.7 Å². The van der Waals surface area contributed by atoms with Gasteiger partial charge in [0.15, 0.2) is 6.29 Å². The zero-order valence-corrected chi connectivity index (χ0v) is 22.9. The van der Waals surface area contributed by atoms with Crippen LogP contribution in [0.1, 0.15) is 78.1 Å². The van der Waals surface area contributed by atoms with Crippen LogP contribution >= 0.6 is 0 Å².